The van der Waals surface area contributed by atoms with Crippen molar-refractivity contribution in [2.24, 2.45) is 0 Å². The zero-order valence-corrected chi connectivity index (χ0v) is 18.4. The average molecular weight is 462 g/mol. The Kier molecular flexibility index (Phi) is 6.37. The molecule has 8 heteroatoms. The second-order valence-electron chi connectivity index (χ2n) is 7.89. The van der Waals surface area contributed by atoms with Gasteiger partial charge in [-0.2, -0.15) is 23.5 Å². The highest BCUT2D eigenvalue weighted by Crippen LogP contribution is 2.32. The number of carbonyl (C=O) groups is 1. The molecule has 0 bridgehead atoms. The number of amides is 1. The number of benzene rings is 3. The van der Waals surface area contributed by atoms with Gasteiger partial charge in [0.1, 0.15) is 5.52 Å². The minimum atomic E-state index is -4.40. The van der Waals surface area contributed by atoms with E-state index in [1.54, 1.807) is 28.9 Å². The van der Waals surface area contributed by atoms with Crippen LogP contribution in [-0.4, -0.2) is 22.2 Å². The van der Waals surface area contributed by atoms with Gasteiger partial charge in [0.25, 0.3) is 5.91 Å². The van der Waals surface area contributed by atoms with Crippen molar-refractivity contribution in [3.05, 3.63) is 89.1 Å². The molecule has 4 rings (SSSR count). The lowest BCUT2D eigenvalue weighted by Crippen LogP contribution is -2.24. The molecular weight excluding hydrogens is 441 g/mol. The number of aromatic nitrogens is 2. The highest BCUT2D eigenvalue weighted by Gasteiger charge is 2.30. The van der Waals surface area contributed by atoms with E-state index in [2.05, 4.69) is 5.32 Å². The fourth-order valence-electron chi connectivity index (χ4n) is 3.85. The summed E-state index contributed by atoms with van der Waals surface area (Å²) in [4.78, 5) is 12.4. The van der Waals surface area contributed by atoms with Gasteiger partial charge in [0.2, 0.25) is 0 Å². The summed E-state index contributed by atoms with van der Waals surface area (Å²) >= 11 is 0. The Morgan fingerprint density at radius 3 is 2.62 bits per heavy atom. The second kappa shape index (κ2) is 9.40. The van der Waals surface area contributed by atoms with E-state index in [0.29, 0.717) is 16.6 Å². The third kappa shape index (κ3) is 4.79. The molecule has 0 spiro atoms. The number of aryl methyl sites for hydroxylation is 1. The fraction of sp³-hybridized carbons (Fsp3) is 0.192. The maximum Gasteiger partial charge on any atom is 0.416 e. The summed E-state index contributed by atoms with van der Waals surface area (Å²) in [7, 11) is 0. The van der Waals surface area contributed by atoms with E-state index in [-0.39, 0.29) is 25.4 Å². The molecule has 0 aliphatic heterocycles. The minimum Gasteiger partial charge on any atom is -0.351 e. The van der Waals surface area contributed by atoms with Crippen molar-refractivity contribution in [1.82, 2.24) is 15.1 Å². The van der Waals surface area contributed by atoms with Gasteiger partial charge in [-0.15, -0.1) is 0 Å². The number of carbonyl (C=O) groups excluding carboxylic acids is 1. The molecule has 5 nitrogen and oxygen atoms in total. The summed E-state index contributed by atoms with van der Waals surface area (Å²) in [5.74, 6) is -0.268. The van der Waals surface area contributed by atoms with Crippen molar-refractivity contribution in [2.75, 3.05) is 6.54 Å². The average Bonchev–Trinajstić information content (AvgIpc) is 3.14. The number of hydrogen-bond acceptors (Lipinski definition) is 3. The van der Waals surface area contributed by atoms with Crippen LogP contribution in [-0.2, 0) is 12.7 Å². The normalized spacial score (nSPS) is 11.4. The number of rotatable bonds is 6. The standard InChI is InChI=1S/C26H21F3N4O/c1-17-22-10-4-11-23(19-7-3-8-20(15-19)25(34)31-13-5-12-30)24(22)32-33(17)16-18-6-2-9-21(14-18)26(27,28)29/h2-4,6-11,14-15H,5,13,16H2,1H3,(H,31,34). The van der Waals surface area contributed by atoms with E-state index in [4.69, 9.17) is 10.4 Å². The number of nitrogens with zero attached hydrogens (tertiary/aromatic N) is 3. The molecule has 0 atom stereocenters. The van der Waals surface area contributed by atoms with Crippen LogP contribution < -0.4 is 5.32 Å². The summed E-state index contributed by atoms with van der Waals surface area (Å²) in [5.41, 5.74) is 3.42. The van der Waals surface area contributed by atoms with Gasteiger partial charge in [-0.25, -0.2) is 0 Å². The van der Waals surface area contributed by atoms with Crippen LogP contribution in [0.3, 0.4) is 0 Å². The summed E-state index contributed by atoms with van der Waals surface area (Å²) in [6, 6.07) is 20.0. The van der Waals surface area contributed by atoms with Gasteiger partial charge < -0.3 is 5.32 Å². The third-order valence-electron chi connectivity index (χ3n) is 5.58. The zero-order valence-electron chi connectivity index (χ0n) is 18.4. The fourth-order valence-corrected chi connectivity index (χ4v) is 3.85. The van der Waals surface area contributed by atoms with E-state index < -0.39 is 11.7 Å². The monoisotopic (exact) mass is 462 g/mol. The number of nitriles is 1. The Labute approximate surface area is 194 Å². The molecule has 0 radical (unpaired) electrons. The highest BCUT2D eigenvalue weighted by molar-refractivity contribution is 5.99. The molecule has 0 unspecified atom stereocenters. The topological polar surface area (TPSA) is 70.7 Å². The van der Waals surface area contributed by atoms with Crippen LogP contribution in [0.25, 0.3) is 22.0 Å². The number of hydrogen-bond donors (Lipinski definition) is 1. The van der Waals surface area contributed by atoms with Crippen molar-refractivity contribution < 1.29 is 18.0 Å². The van der Waals surface area contributed by atoms with Gasteiger partial charge in [0.05, 0.1) is 24.6 Å². The molecule has 34 heavy (non-hydrogen) atoms. The molecule has 3 aromatic carbocycles. The quantitative estimate of drug-likeness (QED) is 0.373. The lowest BCUT2D eigenvalue weighted by atomic mass is 10.00. The molecule has 0 aliphatic rings. The Bertz CT molecular complexity index is 1400. The summed E-state index contributed by atoms with van der Waals surface area (Å²) < 4.78 is 41.0. The van der Waals surface area contributed by atoms with E-state index in [1.807, 2.05) is 37.3 Å². The van der Waals surface area contributed by atoms with Gasteiger partial charge in [0, 0.05) is 28.8 Å². The zero-order chi connectivity index (χ0) is 24.3. The molecule has 0 aliphatic carbocycles. The lowest BCUT2D eigenvalue weighted by molar-refractivity contribution is -0.137. The Balaban J connectivity index is 1.68. The second-order valence-corrected chi connectivity index (χ2v) is 7.89. The van der Waals surface area contributed by atoms with Gasteiger partial charge in [0.15, 0.2) is 0 Å². The first-order valence-corrected chi connectivity index (χ1v) is 10.7. The van der Waals surface area contributed by atoms with Crippen molar-refractivity contribution in [2.45, 2.75) is 26.1 Å². The number of fused-ring (bicyclic) bond motifs is 1. The first kappa shape index (κ1) is 23.1. The molecule has 1 amide bonds. The van der Waals surface area contributed by atoms with Gasteiger partial charge in [-0.3, -0.25) is 9.48 Å². The van der Waals surface area contributed by atoms with Crippen LogP contribution >= 0.6 is 0 Å². The lowest BCUT2D eigenvalue weighted by Gasteiger charge is -2.09. The largest absolute Gasteiger partial charge is 0.416 e. The molecule has 0 saturated heterocycles. The van der Waals surface area contributed by atoms with E-state index in [1.165, 1.54) is 6.07 Å². The maximum absolute atomic E-state index is 13.1. The van der Waals surface area contributed by atoms with Crippen molar-refractivity contribution in [3.63, 3.8) is 0 Å². The maximum atomic E-state index is 13.1. The Hall–Kier alpha value is -4.12. The Morgan fingerprint density at radius 2 is 1.85 bits per heavy atom. The SMILES string of the molecule is Cc1c2cccc(-c3cccc(C(=O)NCCC#N)c3)c2nn1Cc1cccc(C(F)(F)F)c1. The first-order valence-electron chi connectivity index (χ1n) is 10.7. The van der Waals surface area contributed by atoms with Crippen molar-refractivity contribution >= 4 is 16.8 Å². The number of halogens is 3. The molecule has 4 aromatic rings. The highest BCUT2D eigenvalue weighted by atomic mass is 19.4. The van der Waals surface area contributed by atoms with Crippen LogP contribution in [0.15, 0.2) is 66.7 Å². The number of nitrogens with one attached hydrogen (secondary N) is 1. The van der Waals surface area contributed by atoms with Gasteiger partial charge >= 0.3 is 6.18 Å². The summed E-state index contributed by atoms with van der Waals surface area (Å²) in [6.45, 7) is 2.35. The van der Waals surface area contributed by atoms with E-state index in [9.17, 15) is 18.0 Å². The molecular formula is C26H21F3N4O. The van der Waals surface area contributed by atoms with Crippen LogP contribution in [0.5, 0.6) is 0 Å². The van der Waals surface area contributed by atoms with Crippen LogP contribution in [0, 0.1) is 18.3 Å². The van der Waals surface area contributed by atoms with Gasteiger partial charge in [-0.05, 0) is 42.3 Å². The Morgan fingerprint density at radius 1 is 1.09 bits per heavy atom. The predicted octanol–water partition coefficient (Wildman–Crippen LogP) is 5.72. The molecule has 0 saturated carbocycles. The predicted molar refractivity (Wildman–Crippen MR) is 123 cm³/mol. The van der Waals surface area contributed by atoms with Crippen LogP contribution in [0.4, 0.5) is 13.2 Å². The number of alkyl halides is 3. The molecule has 1 aromatic heterocycles. The van der Waals surface area contributed by atoms with Gasteiger partial charge in [-0.1, -0.05) is 42.5 Å². The summed E-state index contributed by atoms with van der Waals surface area (Å²) in [6.07, 6.45) is -4.17. The smallest absolute Gasteiger partial charge is 0.351 e. The molecule has 1 N–H and O–H groups in total. The molecule has 172 valence electrons. The van der Waals surface area contributed by atoms with Crippen LogP contribution in [0.1, 0.15) is 33.6 Å². The van der Waals surface area contributed by atoms with Crippen molar-refractivity contribution in [1.29, 1.82) is 5.26 Å². The summed E-state index contributed by atoms with van der Waals surface area (Å²) in [5, 5.41) is 17.0. The van der Waals surface area contributed by atoms with E-state index in [0.717, 1.165) is 34.3 Å². The van der Waals surface area contributed by atoms with E-state index >= 15 is 0 Å². The third-order valence-corrected chi connectivity index (χ3v) is 5.58. The molecule has 1 heterocycles. The van der Waals surface area contributed by atoms with Crippen LogP contribution in [0.2, 0.25) is 0 Å². The van der Waals surface area contributed by atoms with Crippen molar-refractivity contribution in [3.8, 4) is 17.2 Å². The first-order chi connectivity index (χ1) is 16.3. The minimum absolute atomic E-state index is 0.200. The molecule has 0 fully saturated rings.